The topological polar surface area (TPSA) is 81.7 Å². The van der Waals surface area contributed by atoms with Gasteiger partial charge in [-0.15, -0.1) is 0 Å². The average Bonchev–Trinajstić information content (AvgIpc) is 3.00. The summed E-state index contributed by atoms with van der Waals surface area (Å²) in [6.45, 7) is 4.74. The highest BCUT2D eigenvalue weighted by molar-refractivity contribution is 6.42. The van der Waals surface area contributed by atoms with Crippen molar-refractivity contribution >= 4 is 40.9 Å². The predicted octanol–water partition coefficient (Wildman–Crippen LogP) is 3.02. The van der Waals surface area contributed by atoms with Crippen LogP contribution in [-0.2, 0) is 23.9 Å². The molecule has 0 bridgehead atoms. The van der Waals surface area contributed by atoms with Crippen molar-refractivity contribution < 1.29 is 23.9 Å². The second kappa shape index (κ2) is 8.20. The van der Waals surface area contributed by atoms with Crippen molar-refractivity contribution in [2.24, 2.45) is 0 Å². The van der Waals surface area contributed by atoms with E-state index >= 15 is 0 Å². The van der Waals surface area contributed by atoms with Crippen molar-refractivity contribution in [3.05, 3.63) is 45.5 Å². The number of nitrogens with one attached hydrogen (secondary N) is 1. The van der Waals surface area contributed by atoms with E-state index in [1.165, 1.54) is 13.0 Å². The summed E-state index contributed by atoms with van der Waals surface area (Å²) >= 11 is 12.0. The van der Waals surface area contributed by atoms with Crippen LogP contribution >= 0.6 is 23.2 Å². The van der Waals surface area contributed by atoms with Gasteiger partial charge in [-0.05, 0) is 44.5 Å². The molecule has 1 aliphatic heterocycles. The van der Waals surface area contributed by atoms with E-state index in [9.17, 15) is 14.4 Å². The first kappa shape index (κ1) is 20.4. The van der Waals surface area contributed by atoms with Gasteiger partial charge in [0.15, 0.2) is 5.78 Å². The fraction of sp³-hybridized carbons (Fsp3) is 0.389. The molecule has 1 atom stereocenters. The Morgan fingerprint density at radius 3 is 2.12 bits per heavy atom. The monoisotopic (exact) mass is 399 g/mol. The van der Waals surface area contributed by atoms with Crippen molar-refractivity contribution in [1.29, 1.82) is 0 Å². The fourth-order valence-electron chi connectivity index (χ4n) is 2.73. The van der Waals surface area contributed by atoms with Gasteiger partial charge in [-0.1, -0.05) is 29.3 Å². The van der Waals surface area contributed by atoms with Crippen LogP contribution in [0.3, 0.4) is 0 Å². The Labute approximate surface area is 161 Å². The Morgan fingerprint density at radius 2 is 1.65 bits per heavy atom. The van der Waals surface area contributed by atoms with Crippen molar-refractivity contribution in [2.45, 2.75) is 32.4 Å². The van der Waals surface area contributed by atoms with E-state index in [4.69, 9.17) is 32.7 Å². The number of carbonyl (C=O) groups is 3. The van der Waals surface area contributed by atoms with Crippen LogP contribution in [-0.4, -0.2) is 36.5 Å². The van der Waals surface area contributed by atoms with Gasteiger partial charge in [0.1, 0.15) is 0 Å². The number of rotatable bonds is 6. The molecule has 0 fully saturated rings. The zero-order chi connectivity index (χ0) is 19.5. The lowest BCUT2D eigenvalue weighted by Gasteiger charge is -2.26. The van der Waals surface area contributed by atoms with Crippen LogP contribution in [0, 0.1) is 0 Å². The van der Waals surface area contributed by atoms with Gasteiger partial charge >= 0.3 is 11.9 Å². The number of benzene rings is 1. The van der Waals surface area contributed by atoms with E-state index in [1.807, 2.05) is 0 Å². The summed E-state index contributed by atoms with van der Waals surface area (Å²) in [5.74, 6) is -1.97. The second-order valence-corrected chi connectivity index (χ2v) is 6.47. The first-order valence-corrected chi connectivity index (χ1v) is 8.83. The van der Waals surface area contributed by atoms with Crippen molar-refractivity contribution in [3.8, 4) is 0 Å². The molecule has 0 saturated heterocycles. The molecule has 8 heteroatoms. The summed E-state index contributed by atoms with van der Waals surface area (Å²) in [7, 11) is 0. The lowest BCUT2D eigenvalue weighted by atomic mass is 9.97. The standard InChI is InChI=1S/C18H19Cl2NO5/c1-4-25-16(23)18(17(24)26-5-2)9-12(10(3)22)15(21-18)11-6-7-13(19)14(20)8-11/h6-9,15,21H,4-5H2,1-3H3/t15-/m1/s1. The number of esters is 2. The maximum Gasteiger partial charge on any atom is 0.342 e. The average molecular weight is 400 g/mol. The number of ketones is 1. The van der Waals surface area contributed by atoms with Gasteiger partial charge in [-0.2, -0.15) is 0 Å². The van der Waals surface area contributed by atoms with Gasteiger partial charge in [0.25, 0.3) is 0 Å². The molecular formula is C18H19Cl2NO5. The van der Waals surface area contributed by atoms with Gasteiger partial charge in [0.2, 0.25) is 5.54 Å². The largest absolute Gasteiger partial charge is 0.464 e. The molecule has 1 aromatic rings. The minimum Gasteiger partial charge on any atom is -0.464 e. The third-order valence-corrected chi connectivity index (χ3v) is 4.67. The van der Waals surface area contributed by atoms with Crippen molar-refractivity contribution in [3.63, 3.8) is 0 Å². The normalized spacial score (nSPS) is 18.2. The highest BCUT2D eigenvalue weighted by Gasteiger charge is 2.54. The number of ether oxygens (including phenoxy) is 2. The van der Waals surface area contributed by atoms with Gasteiger partial charge in [0.05, 0.1) is 29.3 Å². The maximum absolute atomic E-state index is 12.6. The first-order chi connectivity index (χ1) is 12.3. The minimum atomic E-state index is -1.90. The first-order valence-electron chi connectivity index (χ1n) is 8.07. The summed E-state index contributed by atoms with van der Waals surface area (Å²) in [5, 5.41) is 3.54. The molecule has 0 aromatic heterocycles. The molecule has 140 valence electrons. The Hall–Kier alpha value is -1.89. The van der Waals surface area contributed by atoms with Gasteiger partial charge in [-0.25, -0.2) is 9.59 Å². The van der Waals surface area contributed by atoms with Gasteiger partial charge in [0, 0.05) is 5.57 Å². The Morgan fingerprint density at radius 1 is 1.08 bits per heavy atom. The Balaban J connectivity index is 2.55. The van der Waals surface area contributed by atoms with Crippen LogP contribution in [0.4, 0.5) is 0 Å². The quantitative estimate of drug-likeness (QED) is 0.584. The molecule has 1 aliphatic rings. The zero-order valence-corrected chi connectivity index (χ0v) is 16.1. The van der Waals surface area contributed by atoms with Crippen LogP contribution in [0.15, 0.2) is 29.8 Å². The lowest BCUT2D eigenvalue weighted by Crippen LogP contribution is -2.56. The summed E-state index contributed by atoms with van der Waals surface area (Å²) < 4.78 is 10.1. The third-order valence-electron chi connectivity index (χ3n) is 3.93. The Bertz CT molecular complexity index is 757. The number of Topliss-reactive ketones (excluding diaryl/α,β-unsaturated/α-hetero) is 1. The van der Waals surface area contributed by atoms with Crippen LogP contribution in [0.2, 0.25) is 10.0 Å². The molecule has 26 heavy (non-hydrogen) atoms. The smallest absolute Gasteiger partial charge is 0.342 e. The van der Waals surface area contributed by atoms with Gasteiger partial charge in [-0.3, -0.25) is 10.1 Å². The van der Waals surface area contributed by atoms with E-state index in [1.54, 1.807) is 32.0 Å². The number of hydrogen-bond acceptors (Lipinski definition) is 6. The van der Waals surface area contributed by atoms with E-state index in [0.717, 1.165) is 0 Å². The highest BCUT2D eigenvalue weighted by atomic mass is 35.5. The zero-order valence-electron chi connectivity index (χ0n) is 14.6. The van der Waals surface area contributed by atoms with Crippen LogP contribution in [0.5, 0.6) is 0 Å². The van der Waals surface area contributed by atoms with E-state index in [2.05, 4.69) is 5.32 Å². The molecule has 0 unspecified atom stereocenters. The lowest BCUT2D eigenvalue weighted by molar-refractivity contribution is -0.162. The van der Waals surface area contributed by atoms with Crippen LogP contribution in [0.1, 0.15) is 32.4 Å². The highest BCUT2D eigenvalue weighted by Crippen LogP contribution is 2.37. The number of halogens is 2. The van der Waals surface area contributed by atoms with E-state index < -0.39 is 23.5 Å². The molecule has 2 rings (SSSR count). The maximum atomic E-state index is 12.6. The molecule has 0 radical (unpaired) electrons. The van der Waals surface area contributed by atoms with Crippen LogP contribution in [0.25, 0.3) is 0 Å². The van der Waals surface area contributed by atoms with Crippen molar-refractivity contribution in [1.82, 2.24) is 5.32 Å². The van der Waals surface area contributed by atoms with E-state index in [-0.39, 0.29) is 24.6 Å². The molecule has 0 aliphatic carbocycles. The molecule has 1 aromatic carbocycles. The molecule has 0 spiro atoms. The summed E-state index contributed by atoms with van der Waals surface area (Å²) in [4.78, 5) is 37.3. The molecule has 1 heterocycles. The predicted molar refractivity (Wildman–Crippen MR) is 97.1 cm³/mol. The third kappa shape index (κ3) is 3.77. The van der Waals surface area contributed by atoms with Crippen molar-refractivity contribution in [2.75, 3.05) is 13.2 Å². The summed E-state index contributed by atoms with van der Waals surface area (Å²) in [5.41, 5.74) is -1.08. The van der Waals surface area contributed by atoms with Gasteiger partial charge < -0.3 is 9.47 Å². The molecule has 1 N–H and O–H groups in total. The molecule has 6 nitrogen and oxygen atoms in total. The second-order valence-electron chi connectivity index (χ2n) is 5.66. The summed E-state index contributed by atoms with van der Waals surface area (Å²) in [6.07, 6.45) is 1.28. The SMILES string of the molecule is CCOC(=O)C1(C(=O)OCC)C=C(C(C)=O)[C@@H](c2ccc(Cl)c(Cl)c2)N1. The van der Waals surface area contributed by atoms with E-state index in [0.29, 0.717) is 15.6 Å². The number of carbonyl (C=O) groups excluding carboxylic acids is 3. The van der Waals surface area contributed by atoms with Crippen LogP contribution < -0.4 is 5.32 Å². The minimum absolute atomic E-state index is 0.0718. The molecule has 0 amide bonds. The Kier molecular flexibility index (Phi) is 6.44. The fourth-order valence-corrected chi connectivity index (χ4v) is 3.04. The molecular weight excluding hydrogens is 381 g/mol. The number of hydrogen-bond donors (Lipinski definition) is 1. The molecule has 0 saturated carbocycles. The summed E-state index contributed by atoms with van der Waals surface area (Å²) in [6, 6.07) is 4.07.